The number of fused-ring (bicyclic) bond motifs is 1. The highest BCUT2D eigenvalue weighted by molar-refractivity contribution is 6.62. The molecule has 2 aromatic rings. The van der Waals surface area contributed by atoms with Crippen LogP contribution in [0.3, 0.4) is 0 Å². The molecular formula is C12H12ClNO2. The number of halogens is 1. The van der Waals surface area contributed by atoms with Crippen LogP contribution in [0.1, 0.15) is 5.56 Å². The van der Waals surface area contributed by atoms with Crippen LogP contribution in [0.15, 0.2) is 34.9 Å². The fourth-order valence-corrected chi connectivity index (χ4v) is 1.69. The van der Waals surface area contributed by atoms with Gasteiger partial charge in [-0.1, -0.05) is 18.2 Å². The first kappa shape index (κ1) is 11.0. The highest BCUT2D eigenvalue weighted by Crippen LogP contribution is 2.21. The normalized spacial score (nSPS) is 10.6. The molecule has 84 valence electrons. The number of para-hydroxylation sites is 1. The monoisotopic (exact) mass is 237 g/mol. The standard InChI is InChI=1S/C12H12ClNO2/c1-14(12(13)15)7-6-9-8-16-11-5-3-2-4-10(9)11/h2-5,8H,6-7H2,1H3. The molecule has 1 aromatic carbocycles. The van der Waals surface area contributed by atoms with Crippen molar-refractivity contribution >= 4 is 27.9 Å². The first-order valence-corrected chi connectivity index (χ1v) is 5.42. The number of benzene rings is 1. The smallest absolute Gasteiger partial charge is 0.316 e. The second-order valence-corrected chi connectivity index (χ2v) is 4.00. The van der Waals surface area contributed by atoms with Gasteiger partial charge in [0.05, 0.1) is 6.26 Å². The number of hydrogen-bond acceptors (Lipinski definition) is 2. The molecule has 0 N–H and O–H groups in total. The van der Waals surface area contributed by atoms with Gasteiger partial charge in [-0.3, -0.25) is 4.79 Å². The molecule has 1 amide bonds. The van der Waals surface area contributed by atoms with E-state index in [0.717, 1.165) is 23.0 Å². The quantitative estimate of drug-likeness (QED) is 0.606. The van der Waals surface area contributed by atoms with Gasteiger partial charge in [0.1, 0.15) is 5.58 Å². The molecule has 0 aliphatic heterocycles. The zero-order valence-corrected chi connectivity index (χ0v) is 9.70. The lowest BCUT2D eigenvalue weighted by atomic mass is 10.1. The minimum Gasteiger partial charge on any atom is -0.464 e. The van der Waals surface area contributed by atoms with Crippen LogP contribution < -0.4 is 0 Å². The van der Waals surface area contributed by atoms with Gasteiger partial charge < -0.3 is 9.32 Å². The van der Waals surface area contributed by atoms with Crippen LogP contribution in [0.4, 0.5) is 4.79 Å². The van der Waals surface area contributed by atoms with Gasteiger partial charge in [0, 0.05) is 19.0 Å². The van der Waals surface area contributed by atoms with E-state index in [2.05, 4.69) is 0 Å². The highest BCUT2D eigenvalue weighted by Gasteiger charge is 2.08. The summed E-state index contributed by atoms with van der Waals surface area (Å²) in [5.41, 5.74) is 1.97. The van der Waals surface area contributed by atoms with Crippen LogP contribution in [-0.2, 0) is 6.42 Å². The Hall–Kier alpha value is -1.48. The maximum Gasteiger partial charge on any atom is 0.316 e. The van der Waals surface area contributed by atoms with Crippen molar-refractivity contribution in [2.45, 2.75) is 6.42 Å². The summed E-state index contributed by atoms with van der Waals surface area (Å²) in [7, 11) is 1.68. The highest BCUT2D eigenvalue weighted by atomic mass is 35.5. The van der Waals surface area contributed by atoms with Gasteiger partial charge in [-0.15, -0.1) is 0 Å². The van der Waals surface area contributed by atoms with E-state index in [0.29, 0.717) is 6.54 Å². The third-order valence-corrected chi connectivity index (χ3v) is 2.87. The predicted molar refractivity (Wildman–Crippen MR) is 63.8 cm³/mol. The predicted octanol–water partition coefficient (Wildman–Crippen LogP) is 3.27. The number of carbonyl (C=O) groups is 1. The van der Waals surface area contributed by atoms with Crippen LogP contribution in [0.5, 0.6) is 0 Å². The van der Waals surface area contributed by atoms with Gasteiger partial charge in [-0.2, -0.15) is 0 Å². The van der Waals surface area contributed by atoms with Gasteiger partial charge >= 0.3 is 5.37 Å². The van der Waals surface area contributed by atoms with E-state index >= 15 is 0 Å². The third-order valence-electron chi connectivity index (χ3n) is 2.58. The first-order valence-electron chi connectivity index (χ1n) is 5.04. The average Bonchev–Trinajstić information content (AvgIpc) is 2.69. The molecule has 0 saturated heterocycles. The Balaban J connectivity index is 2.13. The summed E-state index contributed by atoms with van der Waals surface area (Å²) in [5.74, 6) is 0. The Kier molecular flexibility index (Phi) is 3.15. The van der Waals surface area contributed by atoms with Crippen LogP contribution in [0, 0.1) is 0 Å². The van der Waals surface area contributed by atoms with Gasteiger partial charge in [-0.05, 0) is 29.7 Å². The topological polar surface area (TPSA) is 33.5 Å². The SMILES string of the molecule is CN(CCc1coc2ccccc12)C(=O)Cl. The van der Waals surface area contributed by atoms with E-state index < -0.39 is 5.37 Å². The van der Waals surface area contributed by atoms with E-state index in [9.17, 15) is 4.79 Å². The van der Waals surface area contributed by atoms with Crippen molar-refractivity contribution in [3.8, 4) is 0 Å². The molecule has 0 radical (unpaired) electrons. The van der Waals surface area contributed by atoms with Crippen LogP contribution in [0.25, 0.3) is 11.0 Å². The maximum atomic E-state index is 10.8. The molecule has 0 saturated carbocycles. The molecule has 0 spiro atoms. The van der Waals surface area contributed by atoms with Gasteiger partial charge in [0.25, 0.3) is 0 Å². The van der Waals surface area contributed by atoms with Crippen molar-refractivity contribution in [1.29, 1.82) is 0 Å². The second kappa shape index (κ2) is 4.58. The summed E-state index contributed by atoms with van der Waals surface area (Å²) < 4.78 is 5.41. The Labute approximate surface area is 98.6 Å². The molecule has 1 heterocycles. The molecule has 0 bridgehead atoms. The third kappa shape index (κ3) is 2.19. The zero-order valence-electron chi connectivity index (χ0n) is 8.94. The molecule has 2 rings (SSSR count). The molecule has 4 heteroatoms. The number of furan rings is 1. The summed E-state index contributed by atoms with van der Waals surface area (Å²) in [6.07, 6.45) is 2.48. The van der Waals surface area contributed by atoms with Crippen molar-refractivity contribution in [2.24, 2.45) is 0 Å². The zero-order chi connectivity index (χ0) is 11.5. The lowest BCUT2D eigenvalue weighted by Gasteiger charge is -2.11. The van der Waals surface area contributed by atoms with Crippen molar-refractivity contribution in [3.63, 3.8) is 0 Å². The number of rotatable bonds is 3. The Morgan fingerprint density at radius 1 is 1.44 bits per heavy atom. The first-order chi connectivity index (χ1) is 7.68. The minimum absolute atomic E-state index is 0.437. The lowest BCUT2D eigenvalue weighted by molar-refractivity contribution is 0.232. The number of hydrogen-bond donors (Lipinski definition) is 0. The van der Waals surface area contributed by atoms with Crippen LogP contribution in [0.2, 0.25) is 0 Å². The fraction of sp³-hybridized carbons (Fsp3) is 0.250. The fourth-order valence-electron chi connectivity index (χ4n) is 1.60. The molecule has 0 unspecified atom stereocenters. The van der Waals surface area contributed by atoms with E-state index in [1.807, 2.05) is 24.3 Å². The van der Waals surface area contributed by atoms with Crippen molar-refractivity contribution in [1.82, 2.24) is 4.90 Å². The maximum absolute atomic E-state index is 10.8. The van der Waals surface area contributed by atoms with E-state index in [-0.39, 0.29) is 0 Å². The number of likely N-dealkylation sites (N-methyl/N-ethyl adjacent to an activating group) is 1. The largest absolute Gasteiger partial charge is 0.464 e. The number of amides is 1. The van der Waals surface area contributed by atoms with Gasteiger partial charge in [0.2, 0.25) is 0 Å². The summed E-state index contributed by atoms with van der Waals surface area (Å²) >= 11 is 5.35. The summed E-state index contributed by atoms with van der Waals surface area (Å²) in [6, 6.07) is 7.84. The summed E-state index contributed by atoms with van der Waals surface area (Å²) in [5, 5.41) is 0.658. The van der Waals surface area contributed by atoms with Crippen LogP contribution in [-0.4, -0.2) is 23.9 Å². The summed E-state index contributed by atoms with van der Waals surface area (Å²) in [6.45, 7) is 0.589. The van der Waals surface area contributed by atoms with Gasteiger partial charge in [0.15, 0.2) is 0 Å². The van der Waals surface area contributed by atoms with E-state index in [1.165, 1.54) is 4.90 Å². The Bertz CT molecular complexity index is 506. The molecule has 0 atom stereocenters. The molecule has 16 heavy (non-hydrogen) atoms. The molecule has 1 aromatic heterocycles. The van der Waals surface area contributed by atoms with Gasteiger partial charge in [-0.25, -0.2) is 0 Å². The molecule has 3 nitrogen and oxygen atoms in total. The van der Waals surface area contributed by atoms with Crippen LogP contribution >= 0.6 is 11.6 Å². The molecule has 0 aliphatic rings. The van der Waals surface area contributed by atoms with E-state index in [1.54, 1.807) is 13.3 Å². The average molecular weight is 238 g/mol. The van der Waals surface area contributed by atoms with Crippen molar-refractivity contribution in [2.75, 3.05) is 13.6 Å². The second-order valence-electron chi connectivity index (χ2n) is 3.68. The number of nitrogens with zero attached hydrogens (tertiary/aromatic N) is 1. The lowest BCUT2D eigenvalue weighted by Crippen LogP contribution is -2.23. The summed E-state index contributed by atoms with van der Waals surface area (Å²) in [4.78, 5) is 12.3. The van der Waals surface area contributed by atoms with Crippen molar-refractivity contribution in [3.05, 3.63) is 36.1 Å². The van der Waals surface area contributed by atoms with Crippen molar-refractivity contribution < 1.29 is 9.21 Å². The molecule has 0 aliphatic carbocycles. The number of carbonyl (C=O) groups excluding carboxylic acids is 1. The van der Waals surface area contributed by atoms with E-state index in [4.69, 9.17) is 16.0 Å². The molecule has 0 fully saturated rings. The Morgan fingerprint density at radius 2 is 2.19 bits per heavy atom. The molecular weight excluding hydrogens is 226 g/mol. The Morgan fingerprint density at radius 3 is 2.94 bits per heavy atom. The minimum atomic E-state index is -0.437.